The second kappa shape index (κ2) is 5.90. The molecule has 1 aliphatic rings. The fraction of sp³-hybridized carbons (Fsp3) is 0.235. The van der Waals surface area contributed by atoms with Crippen molar-refractivity contribution in [2.75, 3.05) is 11.4 Å². The molecular weight excluding hydrogens is 326 g/mol. The standard InChI is InChI=1S/C17H18BrN3/c1-2-12-6-8-13(9-7-12)16-11-20-17(19)21(16)15-5-3-4-14(18)10-15/h3-10,16H,2,11H2,1H3,(H2,19,20). The van der Waals surface area contributed by atoms with Crippen LogP contribution in [0.15, 0.2) is 58.0 Å². The number of guanidine groups is 1. The van der Waals surface area contributed by atoms with Gasteiger partial charge in [-0.2, -0.15) is 0 Å². The van der Waals surface area contributed by atoms with Gasteiger partial charge in [0.15, 0.2) is 5.96 Å². The predicted octanol–water partition coefficient (Wildman–Crippen LogP) is 3.89. The van der Waals surface area contributed by atoms with E-state index in [0.29, 0.717) is 12.5 Å². The largest absolute Gasteiger partial charge is 0.369 e. The summed E-state index contributed by atoms with van der Waals surface area (Å²) in [6.45, 7) is 2.86. The van der Waals surface area contributed by atoms with Gasteiger partial charge in [0.25, 0.3) is 0 Å². The molecule has 2 aromatic rings. The maximum absolute atomic E-state index is 6.11. The molecule has 3 nitrogen and oxygen atoms in total. The SMILES string of the molecule is CCc1ccc(C2CN=C(N)N2c2cccc(Br)c2)cc1. The quantitative estimate of drug-likeness (QED) is 0.918. The summed E-state index contributed by atoms with van der Waals surface area (Å²) < 4.78 is 1.04. The predicted molar refractivity (Wildman–Crippen MR) is 91.7 cm³/mol. The summed E-state index contributed by atoms with van der Waals surface area (Å²) in [5.74, 6) is 0.581. The van der Waals surface area contributed by atoms with Crippen LogP contribution in [-0.2, 0) is 6.42 Å². The van der Waals surface area contributed by atoms with E-state index in [2.05, 4.69) is 69.1 Å². The van der Waals surface area contributed by atoms with E-state index < -0.39 is 0 Å². The number of halogens is 1. The highest BCUT2D eigenvalue weighted by molar-refractivity contribution is 9.10. The van der Waals surface area contributed by atoms with Crippen molar-refractivity contribution < 1.29 is 0 Å². The fourth-order valence-electron chi connectivity index (χ4n) is 2.67. The minimum Gasteiger partial charge on any atom is -0.369 e. The third-order valence-electron chi connectivity index (χ3n) is 3.84. The molecule has 1 atom stereocenters. The summed E-state index contributed by atoms with van der Waals surface area (Å²) in [6.07, 6.45) is 1.05. The molecule has 21 heavy (non-hydrogen) atoms. The van der Waals surface area contributed by atoms with Crippen LogP contribution in [0, 0.1) is 0 Å². The Morgan fingerprint density at radius 2 is 2.00 bits per heavy atom. The number of aliphatic imine (C=N–C) groups is 1. The Hall–Kier alpha value is -1.81. The Morgan fingerprint density at radius 3 is 2.67 bits per heavy atom. The molecule has 0 saturated carbocycles. The minimum atomic E-state index is 0.171. The molecule has 0 saturated heterocycles. The molecule has 2 N–H and O–H groups in total. The molecule has 0 aromatic heterocycles. The van der Waals surface area contributed by atoms with Gasteiger partial charge in [0.1, 0.15) is 0 Å². The molecule has 0 aliphatic carbocycles. The van der Waals surface area contributed by atoms with Crippen molar-refractivity contribution >= 4 is 27.6 Å². The Labute approximate surface area is 133 Å². The van der Waals surface area contributed by atoms with E-state index in [-0.39, 0.29) is 6.04 Å². The van der Waals surface area contributed by atoms with Crippen LogP contribution in [0.5, 0.6) is 0 Å². The van der Waals surface area contributed by atoms with Crippen LogP contribution in [-0.4, -0.2) is 12.5 Å². The molecule has 3 rings (SSSR count). The molecule has 1 unspecified atom stereocenters. The minimum absolute atomic E-state index is 0.171. The fourth-order valence-corrected chi connectivity index (χ4v) is 3.05. The monoisotopic (exact) mass is 343 g/mol. The zero-order valence-corrected chi connectivity index (χ0v) is 13.5. The highest BCUT2D eigenvalue weighted by Crippen LogP contribution is 2.32. The molecule has 0 radical (unpaired) electrons. The van der Waals surface area contributed by atoms with Gasteiger partial charge in [0.05, 0.1) is 12.6 Å². The summed E-state index contributed by atoms with van der Waals surface area (Å²) in [5, 5.41) is 0. The van der Waals surface area contributed by atoms with Gasteiger partial charge in [-0.15, -0.1) is 0 Å². The smallest absolute Gasteiger partial charge is 0.196 e. The van der Waals surface area contributed by atoms with Crippen LogP contribution in [0.3, 0.4) is 0 Å². The van der Waals surface area contributed by atoms with Gasteiger partial charge < -0.3 is 10.6 Å². The number of nitrogens with two attached hydrogens (primary N) is 1. The number of hydrogen-bond donors (Lipinski definition) is 1. The zero-order chi connectivity index (χ0) is 14.8. The topological polar surface area (TPSA) is 41.6 Å². The van der Waals surface area contributed by atoms with E-state index in [0.717, 1.165) is 16.6 Å². The van der Waals surface area contributed by atoms with E-state index in [4.69, 9.17) is 5.73 Å². The Kier molecular flexibility index (Phi) is 3.97. The summed E-state index contributed by atoms with van der Waals surface area (Å²) in [6, 6.07) is 17.1. The first kappa shape index (κ1) is 14.1. The van der Waals surface area contributed by atoms with Gasteiger partial charge in [-0.1, -0.05) is 53.2 Å². The molecular formula is C17H18BrN3. The average molecular weight is 344 g/mol. The van der Waals surface area contributed by atoms with Crippen molar-refractivity contribution in [1.82, 2.24) is 0 Å². The van der Waals surface area contributed by atoms with Crippen LogP contribution in [0.1, 0.15) is 24.1 Å². The van der Waals surface area contributed by atoms with Crippen molar-refractivity contribution in [3.8, 4) is 0 Å². The summed E-state index contributed by atoms with van der Waals surface area (Å²) in [5.41, 5.74) is 9.76. The van der Waals surface area contributed by atoms with E-state index in [1.807, 2.05) is 12.1 Å². The lowest BCUT2D eigenvalue weighted by atomic mass is 10.0. The zero-order valence-electron chi connectivity index (χ0n) is 12.0. The van der Waals surface area contributed by atoms with Crippen LogP contribution in [0.4, 0.5) is 5.69 Å². The van der Waals surface area contributed by atoms with E-state index in [1.165, 1.54) is 11.1 Å². The maximum atomic E-state index is 6.11. The van der Waals surface area contributed by atoms with Gasteiger partial charge in [0, 0.05) is 10.2 Å². The molecule has 1 heterocycles. The van der Waals surface area contributed by atoms with Gasteiger partial charge in [0.2, 0.25) is 0 Å². The van der Waals surface area contributed by atoms with Crippen molar-refractivity contribution in [1.29, 1.82) is 0 Å². The van der Waals surface area contributed by atoms with Gasteiger partial charge in [-0.05, 0) is 35.7 Å². The van der Waals surface area contributed by atoms with Gasteiger partial charge in [-0.3, -0.25) is 4.99 Å². The molecule has 0 bridgehead atoms. The molecule has 0 spiro atoms. The van der Waals surface area contributed by atoms with E-state index in [9.17, 15) is 0 Å². The third kappa shape index (κ3) is 2.81. The highest BCUT2D eigenvalue weighted by atomic mass is 79.9. The first-order valence-corrected chi connectivity index (χ1v) is 7.92. The summed E-state index contributed by atoms with van der Waals surface area (Å²) in [4.78, 5) is 6.53. The lowest BCUT2D eigenvalue weighted by Gasteiger charge is -2.27. The van der Waals surface area contributed by atoms with Crippen LogP contribution < -0.4 is 10.6 Å². The number of rotatable bonds is 3. The summed E-state index contributed by atoms with van der Waals surface area (Å²) >= 11 is 3.52. The Morgan fingerprint density at radius 1 is 1.24 bits per heavy atom. The molecule has 2 aromatic carbocycles. The molecule has 4 heteroatoms. The highest BCUT2D eigenvalue weighted by Gasteiger charge is 2.28. The molecule has 0 amide bonds. The van der Waals surface area contributed by atoms with Crippen LogP contribution in [0.25, 0.3) is 0 Å². The van der Waals surface area contributed by atoms with Gasteiger partial charge in [-0.25, -0.2) is 0 Å². The van der Waals surface area contributed by atoms with Crippen molar-refractivity contribution in [2.45, 2.75) is 19.4 Å². The average Bonchev–Trinajstić information content (AvgIpc) is 2.89. The molecule has 108 valence electrons. The Bertz CT molecular complexity index is 664. The first-order valence-electron chi connectivity index (χ1n) is 7.12. The van der Waals surface area contributed by atoms with Crippen molar-refractivity contribution in [3.05, 3.63) is 64.1 Å². The molecule has 1 aliphatic heterocycles. The van der Waals surface area contributed by atoms with Crippen LogP contribution >= 0.6 is 15.9 Å². The summed E-state index contributed by atoms with van der Waals surface area (Å²) in [7, 11) is 0. The van der Waals surface area contributed by atoms with E-state index in [1.54, 1.807) is 0 Å². The third-order valence-corrected chi connectivity index (χ3v) is 4.34. The second-order valence-corrected chi connectivity index (χ2v) is 6.08. The van der Waals surface area contributed by atoms with Crippen molar-refractivity contribution in [3.63, 3.8) is 0 Å². The normalized spacial score (nSPS) is 17.9. The maximum Gasteiger partial charge on any atom is 0.196 e. The number of nitrogens with zero attached hydrogens (tertiary/aromatic N) is 2. The van der Waals surface area contributed by atoms with Crippen molar-refractivity contribution in [2.24, 2.45) is 10.7 Å². The Balaban J connectivity index is 1.94. The van der Waals surface area contributed by atoms with Crippen LogP contribution in [0.2, 0.25) is 0 Å². The second-order valence-electron chi connectivity index (χ2n) is 5.16. The van der Waals surface area contributed by atoms with E-state index >= 15 is 0 Å². The first-order chi connectivity index (χ1) is 10.2. The number of benzene rings is 2. The van der Waals surface area contributed by atoms with Gasteiger partial charge >= 0.3 is 0 Å². The number of aryl methyl sites for hydroxylation is 1. The number of hydrogen-bond acceptors (Lipinski definition) is 3. The lowest BCUT2D eigenvalue weighted by molar-refractivity contribution is 0.768. The number of anilines is 1. The molecule has 0 fully saturated rings. The lowest BCUT2D eigenvalue weighted by Crippen LogP contribution is -2.36.